The highest BCUT2D eigenvalue weighted by Crippen LogP contribution is 2.20. The van der Waals surface area contributed by atoms with Gasteiger partial charge in [-0.25, -0.2) is 9.78 Å². The van der Waals surface area contributed by atoms with Gasteiger partial charge in [-0.05, 0) is 32.9 Å². The zero-order valence-electron chi connectivity index (χ0n) is 13.2. The number of nitrogens with one attached hydrogen (secondary N) is 1. The van der Waals surface area contributed by atoms with Gasteiger partial charge in [0.15, 0.2) is 0 Å². The molecule has 0 radical (unpaired) electrons. The number of hydrogen-bond donors (Lipinski definition) is 1. The minimum absolute atomic E-state index is 0.0543. The van der Waals surface area contributed by atoms with E-state index in [0.29, 0.717) is 13.1 Å². The van der Waals surface area contributed by atoms with Crippen LogP contribution in [0.25, 0.3) is 5.65 Å². The first-order valence-corrected chi connectivity index (χ1v) is 7.57. The van der Waals surface area contributed by atoms with Crippen LogP contribution in [-0.4, -0.2) is 45.6 Å². The van der Waals surface area contributed by atoms with Crippen molar-refractivity contribution in [2.24, 2.45) is 0 Å². The molecule has 1 unspecified atom stereocenters. The average Bonchev–Trinajstić information content (AvgIpc) is 2.89. The van der Waals surface area contributed by atoms with E-state index in [1.165, 1.54) is 0 Å². The van der Waals surface area contributed by atoms with E-state index >= 15 is 0 Å². The first-order chi connectivity index (χ1) is 10.4. The number of carbonyl (C=O) groups is 1. The van der Waals surface area contributed by atoms with Gasteiger partial charge in [0.25, 0.3) is 0 Å². The van der Waals surface area contributed by atoms with Crippen LogP contribution in [0.4, 0.5) is 4.79 Å². The standard InChI is InChI=1S/C16H22N4O2/c1-16(2,3)22-15(21)19-9-7-17-12(11-19)13-10-18-14-6-4-5-8-20(13)14/h4-6,8,10,12,17H,7,9,11H2,1-3H3. The molecule has 0 aromatic carbocycles. The number of carbonyl (C=O) groups excluding carboxylic acids is 1. The van der Waals surface area contributed by atoms with Crippen molar-refractivity contribution in [3.05, 3.63) is 36.3 Å². The summed E-state index contributed by atoms with van der Waals surface area (Å²) in [6.07, 6.45) is 3.60. The first kappa shape index (κ1) is 14.8. The highest BCUT2D eigenvalue weighted by molar-refractivity contribution is 5.68. The minimum atomic E-state index is -0.471. The van der Waals surface area contributed by atoms with Gasteiger partial charge in [-0.2, -0.15) is 0 Å². The molecular formula is C16H22N4O2. The number of rotatable bonds is 1. The van der Waals surface area contributed by atoms with Crippen LogP contribution in [0, 0.1) is 0 Å². The van der Waals surface area contributed by atoms with Crippen molar-refractivity contribution < 1.29 is 9.53 Å². The van der Waals surface area contributed by atoms with Crippen molar-refractivity contribution in [2.45, 2.75) is 32.4 Å². The van der Waals surface area contributed by atoms with Crippen LogP contribution >= 0.6 is 0 Å². The zero-order chi connectivity index (χ0) is 15.7. The predicted molar refractivity (Wildman–Crippen MR) is 83.7 cm³/mol. The number of nitrogens with zero attached hydrogens (tertiary/aromatic N) is 3. The van der Waals surface area contributed by atoms with Crippen LogP contribution in [-0.2, 0) is 4.74 Å². The SMILES string of the molecule is CC(C)(C)OC(=O)N1CCNC(c2cnc3ccccn23)C1. The Kier molecular flexibility index (Phi) is 3.78. The monoisotopic (exact) mass is 302 g/mol. The molecule has 1 amide bonds. The smallest absolute Gasteiger partial charge is 0.410 e. The van der Waals surface area contributed by atoms with Crippen molar-refractivity contribution in [1.29, 1.82) is 0 Å². The van der Waals surface area contributed by atoms with E-state index in [0.717, 1.165) is 17.9 Å². The molecule has 22 heavy (non-hydrogen) atoms. The second kappa shape index (κ2) is 5.61. The summed E-state index contributed by atoms with van der Waals surface area (Å²) in [5, 5.41) is 3.45. The van der Waals surface area contributed by atoms with Crippen LogP contribution < -0.4 is 5.32 Å². The largest absolute Gasteiger partial charge is 0.444 e. The summed E-state index contributed by atoms with van der Waals surface area (Å²) in [6.45, 7) is 7.63. The second-order valence-corrected chi connectivity index (χ2v) is 6.54. The van der Waals surface area contributed by atoms with Gasteiger partial charge in [-0.3, -0.25) is 0 Å². The van der Waals surface area contributed by atoms with Gasteiger partial charge in [-0.1, -0.05) is 6.07 Å². The molecule has 1 aliphatic rings. The van der Waals surface area contributed by atoms with Crippen LogP contribution in [0.2, 0.25) is 0 Å². The molecule has 0 spiro atoms. The number of ether oxygens (including phenoxy) is 1. The molecule has 1 N–H and O–H groups in total. The summed E-state index contributed by atoms with van der Waals surface area (Å²) in [5.41, 5.74) is 1.50. The van der Waals surface area contributed by atoms with Crippen molar-refractivity contribution in [3.63, 3.8) is 0 Å². The third-order valence-corrected chi connectivity index (χ3v) is 3.63. The van der Waals surface area contributed by atoms with Gasteiger partial charge >= 0.3 is 6.09 Å². The van der Waals surface area contributed by atoms with E-state index in [1.54, 1.807) is 4.90 Å². The number of fused-ring (bicyclic) bond motifs is 1. The molecule has 1 aliphatic heterocycles. The van der Waals surface area contributed by atoms with Crippen LogP contribution in [0.1, 0.15) is 32.5 Å². The summed E-state index contributed by atoms with van der Waals surface area (Å²) < 4.78 is 7.52. The molecule has 2 aromatic rings. The highest BCUT2D eigenvalue weighted by Gasteiger charge is 2.29. The highest BCUT2D eigenvalue weighted by atomic mass is 16.6. The number of hydrogen-bond acceptors (Lipinski definition) is 4. The number of pyridine rings is 1. The van der Waals surface area contributed by atoms with Crippen molar-refractivity contribution in [2.75, 3.05) is 19.6 Å². The van der Waals surface area contributed by atoms with Gasteiger partial charge in [0.05, 0.1) is 17.9 Å². The Morgan fingerprint density at radius 1 is 1.41 bits per heavy atom. The third-order valence-electron chi connectivity index (χ3n) is 3.63. The average molecular weight is 302 g/mol. The Balaban J connectivity index is 1.77. The fraction of sp³-hybridized carbons (Fsp3) is 0.500. The predicted octanol–water partition coefficient (Wildman–Crippen LogP) is 2.22. The molecular weight excluding hydrogens is 280 g/mol. The fourth-order valence-corrected chi connectivity index (χ4v) is 2.65. The molecule has 2 aromatic heterocycles. The summed E-state index contributed by atoms with van der Waals surface area (Å²) in [7, 11) is 0. The maximum Gasteiger partial charge on any atom is 0.410 e. The lowest BCUT2D eigenvalue weighted by molar-refractivity contribution is 0.0193. The van der Waals surface area contributed by atoms with E-state index in [4.69, 9.17) is 4.74 Å². The Bertz CT molecular complexity index is 674. The Morgan fingerprint density at radius 2 is 2.23 bits per heavy atom. The van der Waals surface area contributed by atoms with Crippen molar-refractivity contribution in [1.82, 2.24) is 19.6 Å². The molecule has 0 bridgehead atoms. The van der Waals surface area contributed by atoms with E-state index < -0.39 is 5.60 Å². The molecule has 6 heteroatoms. The van der Waals surface area contributed by atoms with Gasteiger partial charge < -0.3 is 19.4 Å². The molecule has 1 fully saturated rings. The Hall–Kier alpha value is -2.08. The van der Waals surface area contributed by atoms with Gasteiger partial charge in [0.1, 0.15) is 11.2 Å². The summed E-state index contributed by atoms with van der Waals surface area (Å²) in [4.78, 5) is 18.4. The first-order valence-electron chi connectivity index (χ1n) is 7.57. The van der Waals surface area contributed by atoms with E-state index in [9.17, 15) is 4.79 Å². The van der Waals surface area contributed by atoms with Crippen LogP contribution in [0.5, 0.6) is 0 Å². The van der Waals surface area contributed by atoms with Crippen LogP contribution in [0.15, 0.2) is 30.6 Å². The molecule has 0 aliphatic carbocycles. The number of imidazole rings is 1. The molecule has 3 heterocycles. The normalized spacial score (nSPS) is 19.4. The van der Waals surface area contributed by atoms with E-state index in [-0.39, 0.29) is 12.1 Å². The molecule has 6 nitrogen and oxygen atoms in total. The van der Waals surface area contributed by atoms with E-state index in [1.807, 2.05) is 51.4 Å². The van der Waals surface area contributed by atoms with Crippen molar-refractivity contribution >= 4 is 11.7 Å². The fourth-order valence-electron chi connectivity index (χ4n) is 2.65. The summed E-state index contributed by atoms with van der Waals surface area (Å²) in [5.74, 6) is 0. The van der Waals surface area contributed by atoms with E-state index in [2.05, 4.69) is 14.7 Å². The van der Waals surface area contributed by atoms with Gasteiger partial charge in [-0.15, -0.1) is 0 Å². The number of aromatic nitrogens is 2. The maximum absolute atomic E-state index is 12.2. The molecule has 0 saturated carbocycles. The number of amides is 1. The van der Waals surface area contributed by atoms with Crippen LogP contribution in [0.3, 0.4) is 0 Å². The second-order valence-electron chi connectivity index (χ2n) is 6.54. The topological polar surface area (TPSA) is 58.9 Å². The Labute approximate surface area is 130 Å². The van der Waals surface area contributed by atoms with Gasteiger partial charge in [0, 0.05) is 25.8 Å². The minimum Gasteiger partial charge on any atom is -0.444 e. The lowest BCUT2D eigenvalue weighted by Crippen LogP contribution is -2.49. The summed E-state index contributed by atoms with van der Waals surface area (Å²) in [6, 6.07) is 5.97. The molecule has 1 saturated heterocycles. The van der Waals surface area contributed by atoms with Crippen molar-refractivity contribution in [3.8, 4) is 0 Å². The zero-order valence-corrected chi connectivity index (χ0v) is 13.2. The quantitative estimate of drug-likeness (QED) is 0.877. The third kappa shape index (κ3) is 3.06. The lowest BCUT2D eigenvalue weighted by Gasteiger charge is -2.34. The number of piperazine rings is 1. The molecule has 118 valence electrons. The maximum atomic E-state index is 12.2. The van der Waals surface area contributed by atoms with Gasteiger partial charge in [0.2, 0.25) is 0 Å². The molecule has 1 atom stereocenters. The summed E-state index contributed by atoms with van der Waals surface area (Å²) >= 11 is 0. The lowest BCUT2D eigenvalue weighted by atomic mass is 10.1. The Morgan fingerprint density at radius 3 is 3.00 bits per heavy atom. The molecule has 3 rings (SSSR count).